The summed E-state index contributed by atoms with van der Waals surface area (Å²) in [5.74, 6) is -0.488. The van der Waals surface area contributed by atoms with Crippen LogP contribution < -0.4 is 5.73 Å². The van der Waals surface area contributed by atoms with E-state index in [0.29, 0.717) is 23.3 Å². The number of primary amides is 1. The van der Waals surface area contributed by atoms with Crippen molar-refractivity contribution in [2.24, 2.45) is 11.7 Å². The van der Waals surface area contributed by atoms with Crippen LogP contribution >= 0.6 is 23.4 Å². The Morgan fingerprint density at radius 3 is 3.00 bits per heavy atom. The number of rotatable bonds is 5. The molecular formula is C15H17ClN6O2S. The summed E-state index contributed by atoms with van der Waals surface area (Å²) in [6.45, 7) is 1.02. The van der Waals surface area contributed by atoms with Crippen molar-refractivity contribution in [1.29, 1.82) is 0 Å². The van der Waals surface area contributed by atoms with Gasteiger partial charge in [-0.3, -0.25) is 9.59 Å². The van der Waals surface area contributed by atoms with Crippen LogP contribution in [0.4, 0.5) is 0 Å². The minimum Gasteiger partial charge on any atom is -0.369 e. The number of nitrogens with two attached hydrogens (primary N) is 1. The normalized spacial score (nSPS) is 17.5. The summed E-state index contributed by atoms with van der Waals surface area (Å²) in [6.07, 6.45) is 1.52. The fraction of sp³-hybridized carbons (Fsp3) is 0.400. The molecule has 2 amide bonds. The van der Waals surface area contributed by atoms with Crippen LogP contribution in [0.5, 0.6) is 0 Å². The van der Waals surface area contributed by atoms with Crippen molar-refractivity contribution < 1.29 is 9.59 Å². The minimum atomic E-state index is -0.352. The topological polar surface area (TPSA) is 107 Å². The molecule has 0 spiro atoms. The van der Waals surface area contributed by atoms with Gasteiger partial charge in [0.25, 0.3) is 0 Å². The molecule has 1 aromatic heterocycles. The Bertz CT molecular complexity index is 783. The highest BCUT2D eigenvalue weighted by Crippen LogP contribution is 2.22. The first-order valence-corrected chi connectivity index (χ1v) is 9.15. The molecule has 0 bridgehead atoms. The standard InChI is InChI=1S/C15H17ClN6O2S/c16-11-4-1-5-12(7-11)22-15(18-19-20-22)25-9-13(23)21-6-2-3-10(8-21)14(17)24/h1,4-5,7,10H,2-3,6,8-9H2,(H2,17,24)/t10-/m1/s1. The Morgan fingerprint density at radius 1 is 1.40 bits per heavy atom. The molecule has 0 saturated carbocycles. The van der Waals surface area contributed by atoms with Gasteiger partial charge in [-0.25, -0.2) is 0 Å². The van der Waals surface area contributed by atoms with Gasteiger partial charge < -0.3 is 10.6 Å². The summed E-state index contributed by atoms with van der Waals surface area (Å²) in [4.78, 5) is 25.4. The zero-order valence-electron chi connectivity index (χ0n) is 13.3. The average molecular weight is 381 g/mol. The van der Waals surface area contributed by atoms with E-state index in [0.717, 1.165) is 18.5 Å². The summed E-state index contributed by atoms with van der Waals surface area (Å²) in [5, 5.41) is 12.6. The maximum absolute atomic E-state index is 12.4. The van der Waals surface area contributed by atoms with E-state index in [9.17, 15) is 9.59 Å². The maximum atomic E-state index is 12.4. The van der Waals surface area contributed by atoms with Gasteiger partial charge in [0, 0.05) is 18.1 Å². The van der Waals surface area contributed by atoms with E-state index in [2.05, 4.69) is 15.5 Å². The number of carbonyl (C=O) groups excluding carboxylic acids is 2. The minimum absolute atomic E-state index is 0.0587. The van der Waals surface area contributed by atoms with E-state index in [4.69, 9.17) is 17.3 Å². The summed E-state index contributed by atoms with van der Waals surface area (Å²) < 4.78 is 1.53. The second-order valence-electron chi connectivity index (χ2n) is 5.72. The van der Waals surface area contributed by atoms with Crippen LogP contribution in [0.1, 0.15) is 12.8 Å². The molecule has 1 aliphatic rings. The van der Waals surface area contributed by atoms with Crippen molar-refractivity contribution in [3.05, 3.63) is 29.3 Å². The first-order valence-electron chi connectivity index (χ1n) is 7.79. The van der Waals surface area contributed by atoms with Gasteiger partial charge in [-0.15, -0.1) is 5.10 Å². The van der Waals surface area contributed by atoms with Crippen LogP contribution in [0.3, 0.4) is 0 Å². The molecule has 132 valence electrons. The van der Waals surface area contributed by atoms with Crippen molar-refractivity contribution in [2.45, 2.75) is 18.0 Å². The Morgan fingerprint density at radius 2 is 2.24 bits per heavy atom. The number of benzene rings is 1. The molecule has 2 aromatic rings. The van der Waals surface area contributed by atoms with Gasteiger partial charge >= 0.3 is 0 Å². The fourth-order valence-electron chi connectivity index (χ4n) is 2.69. The van der Waals surface area contributed by atoms with Crippen molar-refractivity contribution in [3.63, 3.8) is 0 Å². The zero-order chi connectivity index (χ0) is 17.8. The predicted molar refractivity (Wildman–Crippen MR) is 93.4 cm³/mol. The molecule has 1 aliphatic heterocycles. The number of hydrogen-bond acceptors (Lipinski definition) is 6. The average Bonchev–Trinajstić information content (AvgIpc) is 3.08. The Kier molecular flexibility index (Phi) is 5.54. The van der Waals surface area contributed by atoms with E-state index in [1.54, 1.807) is 23.1 Å². The molecular weight excluding hydrogens is 364 g/mol. The monoisotopic (exact) mass is 380 g/mol. The van der Waals surface area contributed by atoms with Gasteiger partial charge in [0.05, 0.1) is 17.4 Å². The number of amides is 2. The second-order valence-corrected chi connectivity index (χ2v) is 7.10. The van der Waals surface area contributed by atoms with Gasteiger partial charge in [-0.05, 0) is 41.5 Å². The number of tetrazole rings is 1. The largest absolute Gasteiger partial charge is 0.369 e. The lowest BCUT2D eigenvalue weighted by Crippen LogP contribution is -2.44. The van der Waals surface area contributed by atoms with E-state index < -0.39 is 0 Å². The molecule has 8 nitrogen and oxygen atoms in total. The molecule has 0 unspecified atom stereocenters. The van der Waals surface area contributed by atoms with E-state index >= 15 is 0 Å². The number of halogens is 1. The third-order valence-corrected chi connectivity index (χ3v) is 5.13. The lowest BCUT2D eigenvalue weighted by molar-refractivity contribution is -0.132. The predicted octanol–water partition coefficient (Wildman–Crippen LogP) is 1.13. The van der Waals surface area contributed by atoms with Gasteiger partial charge in [0.15, 0.2) is 0 Å². The van der Waals surface area contributed by atoms with Crippen molar-refractivity contribution in [2.75, 3.05) is 18.8 Å². The SMILES string of the molecule is NC(=O)[C@@H]1CCCN(C(=O)CSc2nnnn2-c2cccc(Cl)c2)C1. The van der Waals surface area contributed by atoms with Crippen molar-refractivity contribution >= 4 is 35.2 Å². The van der Waals surface area contributed by atoms with Crippen molar-refractivity contribution in [3.8, 4) is 5.69 Å². The molecule has 2 N–H and O–H groups in total. The number of likely N-dealkylation sites (tertiary alicyclic amines) is 1. The second kappa shape index (κ2) is 7.83. The number of nitrogens with zero attached hydrogens (tertiary/aromatic N) is 5. The third-order valence-electron chi connectivity index (χ3n) is 3.99. The van der Waals surface area contributed by atoms with Gasteiger partial charge in [0.1, 0.15) is 0 Å². The molecule has 1 saturated heterocycles. The molecule has 2 heterocycles. The zero-order valence-corrected chi connectivity index (χ0v) is 14.9. The van der Waals surface area contributed by atoms with Crippen LogP contribution in [-0.2, 0) is 9.59 Å². The maximum Gasteiger partial charge on any atom is 0.233 e. The molecule has 0 aliphatic carbocycles. The molecule has 25 heavy (non-hydrogen) atoms. The number of aromatic nitrogens is 4. The number of hydrogen-bond donors (Lipinski definition) is 1. The molecule has 1 atom stereocenters. The Balaban J connectivity index is 1.63. The number of carbonyl (C=O) groups is 2. The number of thioether (sulfide) groups is 1. The van der Waals surface area contributed by atoms with Crippen LogP contribution in [0.15, 0.2) is 29.4 Å². The molecule has 1 aromatic carbocycles. The van der Waals surface area contributed by atoms with Crippen LogP contribution in [0.2, 0.25) is 5.02 Å². The molecule has 0 radical (unpaired) electrons. The summed E-state index contributed by atoms with van der Waals surface area (Å²) in [6, 6.07) is 7.13. The lowest BCUT2D eigenvalue weighted by atomic mass is 9.97. The first-order chi connectivity index (χ1) is 12.0. The van der Waals surface area contributed by atoms with Crippen LogP contribution in [0, 0.1) is 5.92 Å². The van der Waals surface area contributed by atoms with Gasteiger partial charge in [0.2, 0.25) is 17.0 Å². The van der Waals surface area contributed by atoms with Crippen molar-refractivity contribution in [1.82, 2.24) is 25.1 Å². The Labute approximate surface area is 153 Å². The Hall–Kier alpha value is -2.13. The highest BCUT2D eigenvalue weighted by molar-refractivity contribution is 7.99. The van der Waals surface area contributed by atoms with E-state index in [-0.39, 0.29) is 23.5 Å². The van der Waals surface area contributed by atoms with Gasteiger partial charge in [-0.1, -0.05) is 29.4 Å². The highest BCUT2D eigenvalue weighted by atomic mass is 35.5. The quantitative estimate of drug-likeness (QED) is 0.779. The summed E-state index contributed by atoms with van der Waals surface area (Å²) in [5.41, 5.74) is 6.08. The van der Waals surface area contributed by atoms with Gasteiger partial charge in [-0.2, -0.15) is 4.68 Å². The van der Waals surface area contributed by atoms with Crippen LogP contribution in [-0.4, -0.2) is 55.8 Å². The number of piperidine rings is 1. The van der Waals surface area contributed by atoms with E-state index in [1.807, 2.05) is 6.07 Å². The molecule has 1 fully saturated rings. The van der Waals surface area contributed by atoms with Crippen LogP contribution in [0.25, 0.3) is 5.69 Å². The fourth-order valence-corrected chi connectivity index (χ4v) is 3.67. The first kappa shape index (κ1) is 17.7. The summed E-state index contributed by atoms with van der Waals surface area (Å²) >= 11 is 7.24. The molecule has 3 rings (SSSR count). The molecule has 10 heteroatoms. The van der Waals surface area contributed by atoms with E-state index in [1.165, 1.54) is 16.4 Å². The highest BCUT2D eigenvalue weighted by Gasteiger charge is 2.27. The lowest BCUT2D eigenvalue weighted by Gasteiger charge is -2.31. The third kappa shape index (κ3) is 4.29. The smallest absolute Gasteiger partial charge is 0.233 e. The summed E-state index contributed by atoms with van der Waals surface area (Å²) in [7, 11) is 0.